The summed E-state index contributed by atoms with van der Waals surface area (Å²) in [7, 11) is -4.51. The van der Waals surface area contributed by atoms with Gasteiger partial charge in [-0.05, 0) is 96.1 Å². The monoisotopic (exact) mass is 936 g/mol. The number of anilines is 2. The molecule has 0 atom stereocenters. The molecule has 7 aromatic rings. The zero-order chi connectivity index (χ0) is 46.9. The van der Waals surface area contributed by atoms with Crippen LogP contribution in [0, 0.1) is 0 Å². The number of nitrogens with two attached hydrogens (primary N) is 1. The third kappa shape index (κ3) is 14.0. The zero-order valence-electron chi connectivity index (χ0n) is 34.4. The molecule has 0 unspecified atom stereocenters. The minimum Gasteiger partial charge on any atom is -0.489 e. The summed E-state index contributed by atoms with van der Waals surface area (Å²) in [5, 5.41) is 5.37. The first kappa shape index (κ1) is 48.0. The van der Waals surface area contributed by atoms with Gasteiger partial charge in [-0.3, -0.25) is 14.4 Å². The molecule has 0 fully saturated rings. The number of sulfonamides is 1. The number of carbonyl (C=O) groups is 3. The van der Waals surface area contributed by atoms with E-state index < -0.39 is 38.5 Å². The van der Waals surface area contributed by atoms with E-state index in [4.69, 9.17) is 15.4 Å². The average Bonchev–Trinajstić information content (AvgIpc) is 3.33. The predicted octanol–water partition coefficient (Wildman–Crippen LogP) is 10.0. The van der Waals surface area contributed by atoms with Crippen molar-refractivity contribution in [2.75, 3.05) is 10.6 Å². The molecule has 0 aromatic heterocycles. The van der Waals surface area contributed by atoms with Gasteiger partial charge in [0.15, 0.2) is 0 Å². The van der Waals surface area contributed by atoms with E-state index in [2.05, 4.69) is 20.0 Å². The van der Waals surface area contributed by atoms with Gasteiger partial charge in [0.2, 0.25) is 0 Å². The average molecular weight is 937 g/mol. The van der Waals surface area contributed by atoms with E-state index in [-0.39, 0.29) is 29.3 Å². The number of rotatable bonds is 16. The first-order valence-electron chi connectivity index (χ1n) is 19.6. The molecule has 0 heterocycles. The van der Waals surface area contributed by atoms with Crippen molar-refractivity contribution >= 4 is 51.2 Å². The Labute approximate surface area is 381 Å². The molecule has 7 rings (SSSR count). The molecule has 0 aliphatic heterocycles. The summed E-state index contributed by atoms with van der Waals surface area (Å²) < 4.78 is 82.3. The molecular formula is C48H39F3N4O9S2. The number of halogens is 3. The smallest absolute Gasteiger partial charge is 0.416 e. The standard InChI is InChI=1S/C28H21F3N2O5S.C20H18N2O4S/c29-28(30,31)22-15-13-20(14-16-22)27(35)33-39(36,37)25-12-5-4-11-24(25)32-26(34)21-9-6-10-23(17-21)38-18-19-7-2-1-3-8-19;21-25-26-27-19-12-5-4-11-18(19)22-20(23)16-9-6-10-17(13-16)24-14-15-7-2-1-3-8-15/h1-17H,18H2,(H,32,34)(H,33,35);1-13H,14,21H2,(H,22,23). The molecular weight excluding hydrogens is 898 g/mol. The van der Waals surface area contributed by atoms with Crippen LogP contribution in [0.4, 0.5) is 24.5 Å². The number of benzene rings is 7. The number of para-hydroxylation sites is 2. The molecule has 5 N–H and O–H groups in total. The second-order valence-corrected chi connectivity index (χ2v) is 16.2. The molecule has 3 amide bonds. The van der Waals surface area contributed by atoms with Gasteiger partial charge >= 0.3 is 6.18 Å². The Morgan fingerprint density at radius 1 is 0.545 bits per heavy atom. The summed E-state index contributed by atoms with van der Waals surface area (Å²) in [5.74, 6) is 3.89. The first-order valence-corrected chi connectivity index (χ1v) is 21.8. The van der Waals surface area contributed by atoms with Crippen LogP contribution in [0.25, 0.3) is 0 Å². The Hall–Kier alpha value is -7.48. The van der Waals surface area contributed by atoms with Gasteiger partial charge in [0.1, 0.15) is 29.6 Å². The molecule has 13 nitrogen and oxygen atoms in total. The summed E-state index contributed by atoms with van der Waals surface area (Å²) in [5.41, 5.74) is 1.87. The van der Waals surface area contributed by atoms with Gasteiger partial charge in [-0.1, -0.05) is 97.1 Å². The van der Waals surface area contributed by atoms with Crippen molar-refractivity contribution in [2.45, 2.75) is 29.2 Å². The molecule has 7 aromatic carbocycles. The topological polar surface area (TPSA) is 184 Å². The van der Waals surface area contributed by atoms with Gasteiger partial charge in [0.25, 0.3) is 27.7 Å². The second kappa shape index (κ2) is 22.9. The highest BCUT2D eigenvalue weighted by Crippen LogP contribution is 2.30. The van der Waals surface area contributed by atoms with Crippen molar-refractivity contribution in [3.8, 4) is 11.5 Å². The normalized spacial score (nSPS) is 11.0. The largest absolute Gasteiger partial charge is 0.489 e. The van der Waals surface area contributed by atoms with Crippen molar-refractivity contribution in [3.05, 3.63) is 215 Å². The van der Waals surface area contributed by atoms with Crippen LogP contribution in [0.5, 0.6) is 11.5 Å². The summed E-state index contributed by atoms with van der Waals surface area (Å²) in [4.78, 5) is 42.4. The van der Waals surface area contributed by atoms with Gasteiger partial charge in [0, 0.05) is 16.7 Å². The Balaban J connectivity index is 0.000000233. The van der Waals surface area contributed by atoms with E-state index in [1.807, 2.05) is 83.6 Å². The third-order valence-corrected chi connectivity index (χ3v) is 11.2. The van der Waals surface area contributed by atoms with Gasteiger partial charge in [0.05, 0.1) is 33.9 Å². The molecule has 0 saturated heterocycles. The number of amides is 3. The third-order valence-electron chi connectivity index (χ3n) is 9.11. The van der Waals surface area contributed by atoms with Crippen LogP contribution >= 0.6 is 12.0 Å². The first-order chi connectivity index (χ1) is 31.8. The Morgan fingerprint density at radius 3 is 1.56 bits per heavy atom. The summed E-state index contributed by atoms with van der Waals surface area (Å²) in [6.07, 6.45) is -4.61. The fourth-order valence-corrected chi connectivity index (χ4v) is 7.47. The summed E-state index contributed by atoms with van der Waals surface area (Å²) in [6.45, 7) is 0.716. The molecule has 0 aliphatic rings. The van der Waals surface area contributed by atoms with Gasteiger partial charge < -0.3 is 20.1 Å². The fourth-order valence-electron chi connectivity index (χ4n) is 5.87. The van der Waals surface area contributed by atoms with Crippen molar-refractivity contribution in [2.24, 2.45) is 5.90 Å². The minimum atomic E-state index is -4.61. The fraction of sp³-hybridized carbons (Fsp3) is 0.0625. The Bertz CT molecular complexity index is 2860. The van der Waals surface area contributed by atoms with Crippen LogP contribution in [-0.4, -0.2) is 26.1 Å². The Kier molecular flexibility index (Phi) is 16.7. The van der Waals surface area contributed by atoms with Crippen LogP contribution < -0.4 is 30.7 Å². The van der Waals surface area contributed by atoms with E-state index in [1.165, 1.54) is 36.4 Å². The van der Waals surface area contributed by atoms with E-state index in [1.54, 1.807) is 42.5 Å². The molecule has 18 heteroatoms. The van der Waals surface area contributed by atoms with Crippen molar-refractivity contribution in [1.82, 2.24) is 4.72 Å². The lowest BCUT2D eigenvalue weighted by molar-refractivity contribution is -0.195. The zero-order valence-corrected chi connectivity index (χ0v) is 36.1. The molecule has 0 aliphatic carbocycles. The lowest BCUT2D eigenvalue weighted by atomic mass is 10.1. The lowest BCUT2D eigenvalue weighted by Crippen LogP contribution is -2.31. The molecule has 0 bridgehead atoms. The number of hydrogen-bond acceptors (Lipinski definition) is 11. The number of hydrogen-bond donors (Lipinski definition) is 4. The van der Waals surface area contributed by atoms with Crippen LogP contribution in [0.3, 0.4) is 0 Å². The van der Waals surface area contributed by atoms with Crippen molar-refractivity contribution in [1.29, 1.82) is 0 Å². The maximum Gasteiger partial charge on any atom is 0.416 e. The molecule has 0 spiro atoms. The van der Waals surface area contributed by atoms with Crippen molar-refractivity contribution < 1.29 is 54.8 Å². The number of alkyl halides is 3. The van der Waals surface area contributed by atoms with Crippen LogP contribution in [-0.2, 0) is 38.7 Å². The van der Waals surface area contributed by atoms with Gasteiger partial charge in [-0.25, -0.2) is 13.1 Å². The molecule has 0 radical (unpaired) electrons. The van der Waals surface area contributed by atoms with Crippen LogP contribution in [0.1, 0.15) is 47.8 Å². The summed E-state index contributed by atoms with van der Waals surface area (Å²) >= 11 is 0.906. The lowest BCUT2D eigenvalue weighted by Gasteiger charge is -2.13. The highest BCUT2D eigenvalue weighted by atomic mass is 32.2. The Morgan fingerprint density at radius 2 is 1.03 bits per heavy atom. The maximum absolute atomic E-state index is 13.0. The van der Waals surface area contributed by atoms with Gasteiger partial charge in [-0.15, -0.1) is 9.32 Å². The second-order valence-electron chi connectivity index (χ2n) is 13.8. The van der Waals surface area contributed by atoms with Crippen LogP contribution in [0.2, 0.25) is 0 Å². The maximum atomic E-state index is 13.0. The summed E-state index contributed by atoms with van der Waals surface area (Å²) in [6, 6.07) is 48.2. The van der Waals surface area contributed by atoms with Gasteiger partial charge in [-0.2, -0.15) is 19.1 Å². The molecule has 0 saturated carbocycles. The highest BCUT2D eigenvalue weighted by molar-refractivity contribution is 7.94. The number of ether oxygens (including phenoxy) is 2. The van der Waals surface area contributed by atoms with E-state index in [0.29, 0.717) is 46.4 Å². The predicted molar refractivity (Wildman–Crippen MR) is 242 cm³/mol. The quantitative estimate of drug-likeness (QED) is 0.0411. The number of nitrogens with one attached hydrogen (secondary N) is 3. The molecule has 66 heavy (non-hydrogen) atoms. The van der Waals surface area contributed by atoms with E-state index >= 15 is 0 Å². The van der Waals surface area contributed by atoms with E-state index in [9.17, 15) is 36.0 Å². The number of carbonyl (C=O) groups excluding carboxylic acids is 3. The van der Waals surface area contributed by atoms with E-state index in [0.717, 1.165) is 35.3 Å². The SMILES string of the molecule is NOOSc1ccccc1NC(=O)c1cccc(OCc2ccccc2)c1.O=C(Nc1ccccc1S(=O)(=O)NC(=O)c1ccc(C(F)(F)F)cc1)c1cccc(OCc2ccccc2)c1. The van der Waals surface area contributed by atoms with Crippen LogP contribution in [0.15, 0.2) is 192 Å². The molecule has 338 valence electrons. The van der Waals surface area contributed by atoms with Crippen molar-refractivity contribution in [3.63, 3.8) is 0 Å². The highest BCUT2D eigenvalue weighted by Gasteiger charge is 2.31. The minimum absolute atomic E-state index is 0.106.